The number of carbonyl (C=O) groups is 2. The van der Waals surface area contributed by atoms with Crippen LogP contribution in [0.15, 0.2) is 60.8 Å². The molecule has 1 saturated heterocycles. The lowest BCUT2D eigenvalue weighted by Gasteiger charge is -2.41. The van der Waals surface area contributed by atoms with Crippen LogP contribution in [0.5, 0.6) is 0 Å². The first-order valence-electron chi connectivity index (χ1n) is 26.6. The molecule has 1 rings (SSSR count). The predicted octanol–water partition coefficient (Wildman–Crippen LogP) is 11.1. The summed E-state index contributed by atoms with van der Waals surface area (Å²) in [5.74, 6) is -1.24. The first-order valence-corrected chi connectivity index (χ1v) is 26.6. The van der Waals surface area contributed by atoms with Crippen LogP contribution in [0, 0.1) is 0 Å². The third-order valence-electron chi connectivity index (χ3n) is 12.2. The molecule has 1 fully saturated rings. The van der Waals surface area contributed by atoms with Crippen molar-refractivity contribution < 1.29 is 49.3 Å². The van der Waals surface area contributed by atoms with Gasteiger partial charge in [-0.3, -0.25) is 9.59 Å². The van der Waals surface area contributed by atoms with Gasteiger partial charge in [0.25, 0.3) is 0 Å². The summed E-state index contributed by atoms with van der Waals surface area (Å²) in [6, 6.07) is -1.04. The van der Waals surface area contributed by atoms with Gasteiger partial charge in [-0.05, 0) is 83.5 Å². The van der Waals surface area contributed by atoms with E-state index in [1.54, 1.807) is 6.08 Å². The van der Waals surface area contributed by atoms with Gasteiger partial charge >= 0.3 is 5.97 Å². The Kier molecular flexibility index (Phi) is 40.6. The van der Waals surface area contributed by atoms with Crippen molar-refractivity contribution in [2.24, 2.45) is 0 Å². The fourth-order valence-electron chi connectivity index (χ4n) is 7.89. The number of carbonyl (C=O) groups excluding carboxylic acids is 2. The van der Waals surface area contributed by atoms with Crippen molar-refractivity contribution in [3.8, 4) is 0 Å². The van der Waals surface area contributed by atoms with Crippen molar-refractivity contribution in [1.29, 1.82) is 0 Å². The molecule has 0 radical (unpaired) electrons. The number of nitrogens with one attached hydrogen (secondary N) is 1. The maximum atomic E-state index is 13.3. The van der Waals surface area contributed by atoms with Gasteiger partial charge < -0.3 is 45.1 Å². The van der Waals surface area contributed by atoms with E-state index in [9.17, 15) is 35.1 Å². The Morgan fingerprint density at radius 1 is 0.606 bits per heavy atom. The zero-order valence-electron chi connectivity index (χ0n) is 41.8. The van der Waals surface area contributed by atoms with E-state index in [0.29, 0.717) is 12.8 Å². The minimum atomic E-state index is -1.62. The number of allylic oxidation sites excluding steroid dienone is 9. The molecule has 0 saturated carbocycles. The lowest BCUT2D eigenvalue weighted by atomic mass is 9.99. The standard InChI is InChI=1S/C55H97NO10/c1-4-7-10-13-16-19-22-24-27-30-33-36-39-42-48(59)54(63)56-46(47(58)41-38-35-32-29-26-21-18-15-12-9-6-3)45-64-55-53(52(62)51(61)49(44-57)65-55)66-50(60)43-40-37-34-31-28-25-23-20-17-14-11-8-5-2/h7,10,16,19,24-25,27-28,38,41,46-49,51-53,55,57-59,61-62H,4-6,8-9,11-15,17-18,20-23,26,29-37,39-40,42-45H2,1-3H3,(H,56,63)/b10-7+,19-16+,27-24+,28-25-,41-38+. The highest BCUT2D eigenvalue weighted by atomic mass is 16.7. The molecule has 66 heavy (non-hydrogen) atoms. The van der Waals surface area contributed by atoms with Crippen LogP contribution in [-0.4, -0.2) is 99.6 Å². The lowest BCUT2D eigenvalue weighted by molar-refractivity contribution is -0.305. The van der Waals surface area contributed by atoms with E-state index in [0.717, 1.165) is 89.9 Å². The molecule has 8 unspecified atom stereocenters. The quantitative estimate of drug-likeness (QED) is 0.0196. The molecule has 0 bridgehead atoms. The Balaban J connectivity index is 2.80. The second-order valence-electron chi connectivity index (χ2n) is 18.2. The maximum Gasteiger partial charge on any atom is 0.306 e. The molecule has 8 atom stereocenters. The Bertz CT molecular complexity index is 1300. The highest BCUT2D eigenvalue weighted by Crippen LogP contribution is 2.26. The average Bonchev–Trinajstić information content (AvgIpc) is 3.31. The molecule has 11 nitrogen and oxygen atoms in total. The topological polar surface area (TPSA) is 175 Å². The minimum Gasteiger partial charge on any atom is -0.454 e. The summed E-state index contributed by atoms with van der Waals surface area (Å²) in [7, 11) is 0. The molecule has 11 heteroatoms. The van der Waals surface area contributed by atoms with Crippen molar-refractivity contribution in [2.45, 2.75) is 262 Å². The van der Waals surface area contributed by atoms with Gasteiger partial charge in [0.2, 0.25) is 5.91 Å². The number of rotatable bonds is 43. The van der Waals surface area contributed by atoms with Crippen LogP contribution in [0.3, 0.4) is 0 Å². The highest BCUT2D eigenvalue weighted by molar-refractivity contribution is 5.80. The summed E-state index contributed by atoms with van der Waals surface area (Å²) < 4.78 is 17.5. The summed E-state index contributed by atoms with van der Waals surface area (Å²) >= 11 is 0. The zero-order chi connectivity index (χ0) is 48.3. The number of aliphatic hydroxyl groups is 5. The Morgan fingerprint density at radius 2 is 1.09 bits per heavy atom. The maximum absolute atomic E-state index is 13.3. The molecule has 0 aromatic heterocycles. The average molecular weight is 932 g/mol. The van der Waals surface area contributed by atoms with Gasteiger partial charge in [-0.1, -0.05) is 184 Å². The fraction of sp³-hybridized carbons (Fsp3) is 0.782. The van der Waals surface area contributed by atoms with Crippen LogP contribution in [0.25, 0.3) is 0 Å². The van der Waals surface area contributed by atoms with E-state index in [1.165, 1.54) is 77.0 Å². The molecule has 0 spiro atoms. The van der Waals surface area contributed by atoms with Gasteiger partial charge in [-0.15, -0.1) is 0 Å². The summed E-state index contributed by atoms with van der Waals surface area (Å²) in [6.07, 6.45) is 41.3. The molecule has 0 aromatic rings. The van der Waals surface area contributed by atoms with E-state index in [4.69, 9.17) is 14.2 Å². The van der Waals surface area contributed by atoms with Gasteiger partial charge in [-0.25, -0.2) is 0 Å². The fourth-order valence-corrected chi connectivity index (χ4v) is 7.89. The Labute approximate surface area is 401 Å². The molecule has 1 amide bonds. The van der Waals surface area contributed by atoms with Crippen molar-refractivity contribution in [3.05, 3.63) is 60.8 Å². The summed E-state index contributed by atoms with van der Waals surface area (Å²) in [5, 5.41) is 56.5. The van der Waals surface area contributed by atoms with Gasteiger partial charge in [0.1, 0.15) is 24.4 Å². The van der Waals surface area contributed by atoms with E-state index < -0.39 is 67.4 Å². The molecule has 1 aliphatic rings. The predicted molar refractivity (Wildman–Crippen MR) is 269 cm³/mol. The van der Waals surface area contributed by atoms with Crippen LogP contribution in [0.2, 0.25) is 0 Å². The highest BCUT2D eigenvalue weighted by Gasteiger charge is 2.47. The Morgan fingerprint density at radius 3 is 1.65 bits per heavy atom. The third-order valence-corrected chi connectivity index (χ3v) is 12.2. The summed E-state index contributed by atoms with van der Waals surface area (Å²) in [6.45, 7) is 5.60. The van der Waals surface area contributed by atoms with Crippen molar-refractivity contribution in [1.82, 2.24) is 5.32 Å². The summed E-state index contributed by atoms with van der Waals surface area (Å²) in [4.78, 5) is 26.3. The van der Waals surface area contributed by atoms with E-state index in [2.05, 4.69) is 74.7 Å². The van der Waals surface area contributed by atoms with Gasteiger partial charge in [-0.2, -0.15) is 0 Å². The van der Waals surface area contributed by atoms with E-state index >= 15 is 0 Å². The number of esters is 1. The van der Waals surface area contributed by atoms with Crippen LogP contribution in [-0.2, 0) is 23.8 Å². The molecule has 0 aliphatic carbocycles. The van der Waals surface area contributed by atoms with Crippen molar-refractivity contribution in [2.75, 3.05) is 13.2 Å². The number of amides is 1. The number of ether oxygens (including phenoxy) is 3. The van der Waals surface area contributed by atoms with Crippen LogP contribution in [0.1, 0.15) is 213 Å². The monoisotopic (exact) mass is 932 g/mol. The summed E-state index contributed by atoms with van der Waals surface area (Å²) in [5.41, 5.74) is 0. The SMILES string of the molecule is CC/C=C/C/C=C/C/C=C/CCCCCC(O)C(=O)NC(COC1OC(CO)C(O)C(O)C1OC(=O)CCCCC/C=C\CCCCCCCC)C(O)/C=C/CCCCCCCCCCC. The molecular formula is C55H97NO10. The molecule has 6 N–H and O–H groups in total. The molecule has 1 aliphatic heterocycles. The molecular weight excluding hydrogens is 835 g/mol. The molecule has 1 heterocycles. The number of hydrogen-bond donors (Lipinski definition) is 6. The van der Waals surface area contributed by atoms with Gasteiger partial charge in [0.15, 0.2) is 12.4 Å². The van der Waals surface area contributed by atoms with Gasteiger partial charge in [0, 0.05) is 6.42 Å². The largest absolute Gasteiger partial charge is 0.454 e. The van der Waals surface area contributed by atoms with E-state index in [1.807, 2.05) is 6.08 Å². The first kappa shape index (κ1) is 61.4. The number of unbranched alkanes of at least 4 members (excludes halogenated alkanes) is 21. The smallest absolute Gasteiger partial charge is 0.306 e. The second kappa shape index (κ2) is 43.6. The Hall–Kier alpha value is -2.64. The van der Waals surface area contributed by atoms with Crippen LogP contribution in [0.4, 0.5) is 0 Å². The first-order chi connectivity index (χ1) is 32.2. The normalized spacial score (nSPS) is 20.6. The van der Waals surface area contributed by atoms with Crippen LogP contribution >= 0.6 is 0 Å². The van der Waals surface area contributed by atoms with Crippen molar-refractivity contribution >= 4 is 11.9 Å². The lowest BCUT2D eigenvalue weighted by Crippen LogP contribution is -2.61. The zero-order valence-corrected chi connectivity index (χ0v) is 41.8. The molecule has 0 aromatic carbocycles. The van der Waals surface area contributed by atoms with Crippen LogP contribution < -0.4 is 5.32 Å². The minimum absolute atomic E-state index is 0.0989. The second-order valence-corrected chi connectivity index (χ2v) is 18.2. The third kappa shape index (κ3) is 32.2. The van der Waals surface area contributed by atoms with E-state index in [-0.39, 0.29) is 19.4 Å². The van der Waals surface area contributed by atoms with Gasteiger partial charge in [0.05, 0.1) is 25.4 Å². The number of hydrogen-bond acceptors (Lipinski definition) is 10. The van der Waals surface area contributed by atoms with Crippen molar-refractivity contribution in [3.63, 3.8) is 0 Å². The molecule has 382 valence electrons. The number of aliphatic hydroxyl groups excluding tert-OH is 5.